The van der Waals surface area contributed by atoms with E-state index in [2.05, 4.69) is 0 Å². The summed E-state index contributed by atoms with van der Waals surface area (Å²) in [6.45, 7) is 0. The maximum atomic E-state index is 12.3. The Kier molecular flexibility index (Phi) is 4.85. The van der Waals surface area contributed by atoms with Crippen LogP contribution in [0, 0.1) is 5.82 Å². The normalized spacial score (nSPS) is 8.80. The Bertz CT molecular complexity index is 179. The van der Waals surface area contributed by atoms with Gasteiger partial charge < -0.3 is 17.0 Å². The second-order valence-electron chi connectivity index (χ2n) is 1.78. The Labute approximate surface area is 87.0 Å². The Balaban J connectivity index is 0.000000810. The Hall–Kier alpha value is 0.686. The fourth-order valence-corrected chi connectivity index (χ4v) is 1.40. The van der Waals surface area contributed by atoms with Gasteiger partial charge >= 0.3 is 70.4 Å². The van der Waals surface area contributed by atoms with Gasteiger partial charge in [-0.05, 0) is 0 Å². The molecular weight excluding hydrogens is 231 g/mol. The first-order valence-electron chi connectivity index (χ1n) is 2.46. The standard InChI is InChI=1S/C6H3ClF.BrH.Mg/c7-5-2-1-3-6(8)4-5;;/h2-4H;1H;/q;;+1/p-1. The molecule has 0 bridgehead atoms. The van der Waals surface area contributed by atoms with Crippen molar-refractivity contribution in [1.29, 1.82) is 0 Å². The molecule has 0 radical (unpaired) electrons. The van der Waals surface area contributed by atoms with Gasteiger partial charge in [-0.3, -0.25) is 0 Å². The van der Waals surface area contributed by atoms with Gasteiger partial charge in [0.15, 0.2) is 0 Å². The molecule has 0 aliphatic carbocycles. The minimum absolute atomic E-state index is 0. The molecule has 0 aliphatic heterocycles. The van der Waals surface area contributed by atoms with Crippen LogP contribution >= 0.6 is 11.6 Å². The van der Waals surface area contributed by atoms with Gasteiger partial charge in [0.05, 0.1) is 0 Å². The molecule has 0 nitrogen and oxygen atoms in total. The largest absolute Gasteiger partial charge is 1.00 e. The SMILES string of the molecule is Fc1c[c]([Mg+])cc(Cl)c1.[Br-]. The summed E-state index contributed by atoms with van der Waals surface area (Å²) in [5.74, 6) is -0.271. The van der Waals surface area contributed by atoms with Gasteiger partial charge in [0.2, 0.25) is 0 Å². The zero-order valence-corrected chi connectivity index (χ0v) is 8.83. The fraction of sp³-hybridized carbons (Fsp3) is 0. The summed E-state index contributed by atoms with van der Waals surface area (Å²) in [7, 11) is 0. The molecule has 0 fully saturated rings. The summed E-state index contributed by atoms with van der Waals surface area (Å²) in [6.07, 6.45) is 0. The Morgan fingerprint density at radius 1 is 1.30 bits per heavy atom. The van der Waals surface area contributed by atoms with Gasteiger partial charge in [-0.1, -0.05) is 0 Å². The minimum atomic E-state index is -0.271. The van der Waals surface area contributed by atoms with Crippen LogP contribution < -0.4 is 20.7 Å². The van der Waals surface area contributed by atoms with Crippen LogP contribution in [-0.4, -0.2) is 21.7 Å². The molecule has 0 saturated heterocycles. The summed E-state index contributed by atoms with van der Waals surface area (Å²) in [5, 5.41) is 0.458. The molecule has 0 atom stereocenters. The summed E-state index contributed by atoms with van der Waals surface area (Å²) in [5.41, 5.74) is 0. The van der Waals surface area contributed by atoms with E-state index in [0.717, 1.165) is 3.69 Å². The van der Waals surface area contributed by atoms with Crippen molar-refractivity contribution in [1.82, 2.24) is 0 Å². The van der Waals surface area contributed by atoms with Crippen LogP contribution in [0.1, 0.15) is 0 Å². The molecule has 10 heavy (non-hydrogen) atoms. The number of hydrogen-bond donors (Lipinski definition) is 0. The zero-order chi connectivity index (χ0) is 6.85. The van der Waals surface area contributed by atoms with Crippen molar-refractivity contribution in [3.05, 3.63) is 29.0 Å². The van der Waals surface area contributed by atoms with Crippen molar-refractivity contribution < 1.29 is 21.4 Å². The van der Waals surface area contributed by atoms with E-state index in [4.69, 9.17) is 11.6 Å². The first kappa shape index (κ1) is 10.7. The van der Waals surface area contributed by atoms with Crippen molar-refractivity contribution in [3.8, 4) is 0 Å². The van der Waals surface area contributed by atoms with Crippen LogP contribution in [0.15, 0.2) is 18.2 Å². The average Bonchev–Trinajstić information content (AvgIpc) is 1.59. The topological polar surface area (TPSA) is 0 Å². The third kappa shape index (κ3) is 3.19. The zero-order valence-electron chi connectivity index (χ0n) is 5.07. The predicted octanol–water partition coefficient (Wildman–Crippen LogP) is -1.72. The third-order valence-corrected chi connectivity index (χ3v) is 1.55. The second-order valence-corrected chi connectivity index (χ2v) is 3.03. The number of halogens is 3. The summed E-state index contributed by atoms with van der Waals surface area (Å²) < 4.78 is 13.2. The second kappa shape index (κ2) is 4.54. The van der Waals surface area contributed by atoms with E-state index in [1.165, 1.54) is 12.1 Å². The third-order valence-electron chi connectivity index (χ3n) is 0.922. The summed E-state index contributed by atoms with van der Waals surface area (Å²) in [6, 6.07) is 4.46. The van der Waals surface area contributed by atoms with Crippen LogP contribution in [0.5, 0.6) is 0 Å². The number of benzene rings is 1. The quantitative estimate of drug-likeness (QED) is 0.468. The first-order chi connectivity index (χ1) is 4.18. The molecule has 0 aromatic heterocycles. The molecule has 0 unspecified atom stereocenters. The molecule has 0 heterocycles. The average molecular weight is 234 g/mol. The predicted molar refractivity (Wildman–Crippen MR) is 36.8 cm³/mol. The van der Waals surface area contributed by atoms with Gasteiger partial charge in [-0.15, -0.1) is 0 Å². The molecule has 0 aliphatic rings. The molecule has 1 rings (SSSR count). The van der Waals surface area contributed by atoms with Crippen molar-refractivity contribution in [3.63, 3.8) is 0 Å². The molecule has 0 N–H and O–H groups in total. The van der Waals surface area contributed by atoms with Crippen molar-refractivity contribution in [2.75, 3.05) is 0 Å². The Morgan fingerprint density at radius 2 is 1.90 bits per heavy atom. The monoisotopic (exact) mass is 232 g/mol. The molecule has 0 spiro atoms. The van der Waals surface area contributed by atoms with Gasteiger partial charge in [0.1, 0.15) is 0 Å². The maximum absolute atomic E-state index is 12.3. The van der Waals surface area contributed by atoms with Crippen LogP contribution in [0.25, 0.3) is 0 Å². The van der Waals surface area contributed by atoms with E-state index >= 15 is 0 Å². The molecule has 1 aromatic rings. The smallest absolute Gasteiger partial charge is 1.00 e. The minimum Gasteiger partial charge on any atom is -1.00 e. The van der Waals surface area contributed by atoms with E-state index < -0.39 is 0 Å². The van der Waals surface area contributed by atoms with Gasteiger partial charge in [-0.2, -0.15) is 0 Å². The molecular formula is C6H3BrClFMg. The molecule has 4 heteroatoms. The summed E-state index contributed by atoms with van der Waals surface area (Å²) >= 11 is 7.12. The maximum Gasteiger partial charge on any atom is -1.00 e. The first-order valence-corrected chi connectivity index (χ1v) is 3.55. The van der Waals surface area contributed by atoms with E-state index in [0.29, 0.717) is 5.02 Å². The van der Waals surface area contributed by atoms with E-state index in [-0.39, 0.29) is 22.8 Å². The number of hydrogen-bond acceptors (Lipinski definition) is 0. The molecule has 1 aromatic carbocycles. The van der Waals surface area contributed by atoms with Crippen molar-refractivity contribution in [2.45, 2.75) is 0 Å². The van der Waals surface area contributed by atoms with Crippen LogP contribution in [0.3, 0.4) is 0 Å². The molecule has 50 valence electrons. The Morgan fingerprint density at radius 3 is 2.30 bits per heavy atom. The van der Waals surface area contributed by atoms with E-state index in [1.54, 1.807) is 27.8 Å². The van der Waals surface area contributed by atoms with Gasteiger partial charge in [-0.25, -0.2) is 0 Å². The fourth-order valence-electron chi connectivity index (χ4n) is 0.611. The van der Waals surface area contributed by atoms with Crippen LogP contribution in [0.4, 0.5) is 4.39 Å². The van der Waals surface area contributed by atoms with E-state index in [1.807, 2.05) is 0 Å². The van der Waals surface area contributed by atoms with Gasteiger partial charge in [0.25, 0.3) is 0 Å². The molecule has 0 saturated carbocycles. The van der Waals surface area contributed by atoms with Gasteiger partial charge in [0, 0.05) is 0 Å². The number of rotatable bonds is 0. The van der Waals surface area contributed by atoms with Crippen LogP contribution in [0.2, 0.25) is 5.02 Å². The summed E-state index contributed by atoms with van der Waals surface area (Å²) in [4.78, 5) is 0. The van der Waals surface area contributed by atoms with Crippen LogP contribution in [-0.2, 0) is 0 Å². The van der Waals surface area contributed by atoms with E-state index in [9.17, 15) is 4.39 Å². The van der Waals surface area contributed by atoms with Crippen molar-refractivity contribution in [2.24, 2.45) is 0 Å². The molecule has 0 amide bonds. The van der Waals surface area contributed by atoms with Crippen molar-refractivity contribution >= 4 is 37.0 Å².